The molecule has 2 atom stereocenters. The van der Waals surface area contributed by atoms with Crippen LogP contribution in [0.3, 0.4) is 0 Å². The summed E-state index contributed by atoms with van der Waals surface area (Å²) in [4.78, 5) is 22.5. The molecule has 2 unspecified atom stereocenters. The number of benzene rings is 1. The zero-order valence-electron chi connectivity index (χ0n) is 22.7. The van der Waals surface area contributed by atoms with Crippen molar-refractivity contribution in [2.45, 2.75) is 116 Å². The highest BCUT2D eigenvalue weighted by Crippen LogP contribution is 2.43. The zero-order valence-corrected chi connectivity index (χ0v) is 23.6. The van der Waals surface area contributed by atoms with E-state index in [1.807, 2.05) is 30.3 Å². The number of hydrogen-bond acceptors (Lipinski definition) is 5. The van der Waals surface area contributed by atoms with Gasteiger partial charge in [0.25, 0.3) is 0 Å². The van der Waals surface area contributed by atoms with E-state index in [1.165, 1.54) is 38.5 Å². The molecule has 36 heavy (non-hydrogen) atoms. The first kappa shape index (κ1) is 32.8. The molecule has 1 aromatic carbocycles. The predicted molar refractivity (Wildman–Crippen MR) is 148 cm³/mol. The Balaban J connectivity index is 2.30. The SMILES string of the molecule is CCCCCCCCCCC(=O)NC(CCCCCC)COP(=O)(O)OCCNCc1ccccc1. The minimum absolute atomic E-state index is 0.0103. The van der Waals surface area contributed by atoms with Crippen LogP contribution in [0.4, 0.5) is 0 Å². The van der Waals surface area contributed by atoms with E-state index in [0.717, 1.165) is 50.5 Å². The Morgan fingerprint density at radius 1 is 0.889 bits per heavy atom. The molecule has 0 heterocycles. The van der Waals surface area contributed by atoms with Crippen LogP contribution in [0.15, 0.2) is 30.3 Å². The fourth-order valence-electron chi connectivity index (χ4n) is 4.02. The molecule has 0 aliphatic heterocycles. The lowest BCUT2D eigenvalue weighted by molar-refractivity contribution is -0.122. The summed E-state index contributed by atoms with van der Waals surface area (Å²) in [5, 5.41) is 6.19. The summed E-state index contributed by atoms with van der Waals surface area (Å²) in [6.45, 7) is 5.50. The molecule has 0 fully saturated rings. The van der Waals surface area contributed by atoms with Gasteiger partial charge in [0.2, 0.25) is 5.91 Å². The van der Waals surface area contributed by atoms with Gasteiger partial charge in [-0.3, -0.25) is 13.8 Å². The number of nitrogens with one attached hydrogen (secondary N) is 2. The largest absolute Gasteiger partial charge is 0.472 e. The van der Waals surface area contributed by atoms with E-state index < -0.39 is 7.82 Å². The molecular formula is C28H51N2O5P. The van der Waals surface area contributed by atoms with Crippen LogP contribution in [0.1, 0.15) is 109 Å². The van der Waals surface area contributed by atoms with Gasteiger partial charge in [-0.25, -0.2) is 4.57 Å². The van der Waals surface area contributed by atoms with Crippen LogP contribution in [-0.2, 0) is 25.0 Å². The summed E-state index contributed by atoms with van der Waals surface area (Å²) in [7, 11) is -4.18. The minimum atomic E-state index is -4.18. The summed E-state index contributed by atoms with van der Waals surface area (Å²) in [6.07, 6.45) is 15.0. The van der Waals surface area contributed by atoms with E-state index in [2.05, 4.69) is 24.5 Å². The van der Waals surface area contributed by atoms with Gasteiger partial charge in [0, 0.05) is 19.5 Å². The minimum Gasteiger partial charge on any atom is -0.351 e. The molecule has 0 aromatic heterocycles. The monoisotopic (exact) mass is 526 g/mol. The number of hydrogen-bond donors (Lipinski definition) is 3. The quantitative estimate of drug-likeness (QED) is 0.100. The molecular weight excluding hydrogens is 475 g/mol. The number of carbonyl (C=O) groups excluding carboxylic acids is 1. The molecule has 0 bridgehead atoms. The Bertz CT molecular complexity index is 704. The van der Waals surface area contributed by atoms with Gasteiger partial charge in [0.1, 0.15) is 0 Å². The van der Waals surface area contributed by atoms with Crippen LogP contribution in [0.25, 0.3) is 0 Å². The lowest BCUT2D eigenvalue weighted by Gasteiger charge is -2.20. The van der Waals surface area contributed by atoms with Crippen molar-refractivity contribution in [2.75, 3.05) is 19.8 Å². The van der Waals surface area contributed by atoms with Crippen LogP contribution in [0.2, 0.25) is 0 Å². The van der Waals surface area contributed by atoms with E-state index in [-0.39, 0.29) is 25.2 Å². The van der Waals surface area contributed by atoms with Crippen LogP contribution in [0.5, 0.6) is 0 Å². The molecule has 3 N–H and O–H groups in total. The topological polar surface area (TPSA) is 96.9 Å². The van der Waals surface area contributed by atoms with Crippen LogP contribution >= 0.6 is 7.82 Å². The number of rotatable bonds is 24. The maximum Gasteiger partial charge on any atom is 0.472 e. The molecule has 0 spiro atoms. The third-order valence-electron chi connectivity index (χ3n) is 6.17. The molecule has 0 aliphatic rings. The Morgan fingerprint density at radius 3 is 2.17 bits per heavy atom. The standard InChI is InChI=1S/C28H51N2O5P/c1-3-5-7-9-10-11-12-17-21-28(31)30-27(20-16-8-6-4-2)25-35-36(32,33)34-23-22-29-24-26-18-14-13-15-19-26/h13-15,18-19,27,29H,3-12,16-17,20-25H2,1-2H3,(H,30,31)(H,32,33). The lowest BCUT2D eigenvalue weighted by Crippen LogP contribution is -2.38. The van der Waals surface area contributed by atoms with Crippen LogP contribution < -0.4 is 10.6 Å². The average molecular weight is 527 g/mol. The van der Waals surface area contributed by atoms with E-state index >= 15 is 0 Å². The van der Waals surface area contributed by atoms with Crippen LogP contribution in [0, 0.1) is 0 Å². The summed E-state index contributed by atoms with van der Waals surface area (Å²) in [5.41, 5.74) is 1.13. The van der Waals surface area contributed by atoms with Gasteiger partial charge in [-0.1, -0.05) is 115 Å². The Labute approximate surface area is 219 Å². The first-order valence-corrected chi connectivity index (χ1v) is 15.6. The molecule has 0 saturated carbocycles. The molecule has 0 saturated heterocycles. The fourth-order valence-corrected chi connectivity index (χ4v) is 4.78. The van der Waals surface area contributed by atoms with Gasteiger partial charge in [0.05, 0.1) is 19.3 Å². The highest BCUT2D eigenvalue weighted by Gasteiger charge is 2.23. The average Bonchev–Trinajstić information content (AvgIpc) is 2.87. The zero-order chi connectivity index (χ0) is 26.3. The second-order valence-corrected chi connectivity index (χ2v) is 11.1. The van der Waals surface area contributed by atoms with Crippen molar-refractivity contribution >= 4 is 13.7 Å². The molecule has 7 nitrogen and oxygen atoms in total. The van der Waals surface area contributed by atoms with Gasteiger partial charge >= 0.3 is 7.82 Å². The summed E-state index contributed by atoms with van der Waals surface area (Å²) < 4.78 is 22.7. The van der Waals surface area contributed by atoms with E-state index in [4.69, 9.17) is 9.05 Å². The van der Waals surface area contributed by atoms with E-state index in [9.17, 15) is 14.3 Å². The molecule has 1 amide bonds. The second kappa shape index (κ2) is 21.8. The number of unbranched alkanes of at least 4 members (excludes halogenated alkanes) is 10. The fraction of sp³-hybridized carbons (Fsp3) is 0.750. The van der Waals surface area contributed by atoms with Crippen molar-refractivity contribution in [3.8, 4) is 0 Å². The third kappa shape index (κ3) is 18.9. The van der Waals surface area contributed by atoms with E-state index in [0.29, 0.717) is 19.5 Å². The maximum absolute atomic E-state index is 12.5. The number of phosphoric ester groups is 1. The second-order valence-electron chi connectivity index (χ2n) is 9.60. The van der Waals surface area contributed by atoms with Gasteiger partial charge in [-0.15, -0.1) is 0 Å². The smallest absolute Gasteiger partial charge is 0.351 e. The van der Waals surface area contributed by atoms with Gasteiger partial charge in [-0.05, 0) is 18.4 Å². The van der Waals surface area contributed by atoms with E-state index in [1.54, 1.807) is 0 Å². The van der Waals surface area contributed by atoms with Gasteiger partial charge in [-0.2, -0.15) is 0 Å². The van der Waals surface area contributed by atoms with Crippen molar-refractivity contribution in [1.29, 1.82) is 0 Å². The Kier molecular flexibility index (Phi) is 19.9. The maximum atomic E-state index is 12.5. The Hall–Kier alpha value is -1.24. The number of phosphoric acid groups is 1. The third-order valence-corrected chi connectivity index (χ3v) is 7.16. The highest BCUT2D eigenvalue weighted by atomic mass is 31.2. The van der Waals surface area contributed by atoms with Crippen LogP contribution in [-0.4, -0.2) is 36.6 Å². The highest BCUT2D eigenvalue weighted by molar-refractivity contribution is 7.47. The number of amides is 1. The summed E-state index contributed by atoms with van der Waals surface area (Å²) >= 11 is 0. The van der Waals surface area contributed by atoms with Crippen molar-refractivity contribution in [3.63, 3.8) is 0 Å². The first-order valence-electron chi connectivity index (χ1n) is 14.1. The van der Waals surface area contributed by atoms with Crippen molar-refractivity contribution in [3.05, 3.63) is 35.9 Å². The van der Waals surface area contributed by atoms with Crippen molar-refractivity contribution < 1.29 is 23.3 Å². The summed E-state index contributed by atoms with van der Waals surface area (Å²) in [6, 6.07) is 9.63. The predicted octanol–water partition coefficient (Wildman–Crippen LogP) is 6.90. The van der Waals surface area contributed by atoms with Crippen molar-refractivity contribution in [2.24, 2.45) is 0 Å². The summed E-state index contributed by atoms with van der Waals surface area (Å²) in [5.74, 6) is -0.0103. The molecule has 1 rings (SSSR count). The van der Waals surface area contributed by atoms with Gasteiger partial charge in [0.15, 0.2) is 0 Å². The first-order chi connectivity index (χ1) is 17.5. The molecule has 8 heteroatoms. The number of carbonyl (C=O) groups is 1. The normalized spacial score (nSPS) is 13.9. The Morgan fingerprint density at radius 2 is 1.50 bits per heavy atom. The van der Waals surface area contributed by atoms with Crippen molar-refractivity contribution in [1.82, 2.24) is 10.6 Å². The molecule has 0 aliphatic carbocycles. The molecule has 0 radical (unpaired) electrons. The molecule has 1 aromatic rings. The molecule has 208 valence electrons. The van der Waals surface area contributed by atoms with Gasteiger partial charge < -0.3 is 15.5 Å². The lowest BCUT2D eigenvalue weighted by atomic mass is 10.1.